The number of anilines is 2. The Morgan fingerprint density at radius 1 is 0.774 bits per heavy atom. The number of aliphatic hydroxyl groups is 1. The number of unbranched alkanes of at least 4 members (excludes halogenated alkanes) is 17. The Kier molecular flexibility index (Phi) is 23.9. The topological polar surface area (TPSA) is 144 Å². The van der Waals surface area contributed by atoms with Gasteiger partial charge in [0.05, 0.1) is 48.8 Å². The van der Waals surface area contributed by atoms with E-state index in [9.17, 15) is 19.5 Å². The number of ketones is 1. The first-order valence-corrected chi connectivity index (χ1v) is 24.2. The number of aromatic nitrogens is 2. The van der Waals surface area contributed by atoms with Gasteiger partial charge in [-0.15, -0.1) is 0 Å². The maximum atomic E-state index is 14.4. The minimum atomic E-state index is -1.44. The Hall–Kier alpha value is -4.06. The van der Waals surface area contributed by atoms with Crippen LogP contribution in [0, 0.1) is 5.92 Å². The van der Waals surface area contributed by atoms with Crippen LogP contribution in [-0.2, 0) is 20.9 Å². The quantitative estimate of drug-likeness (QED) is 0.0237. The van der Waals surface area contributed by atoms with Crippen molar-refractivity contribution in [3.05, 3.63) is 76.2 Å². The summed E-state index contributed by atoms with van der Waals surface area (Å²) in [6.07, 6.45) is 28.5. The van der Waals surface area contributed by atoms with Crippen LogP contribution in [0.1, 0.15) is 206 Å². The van der Waals surface area contributed by atoms with E-state index in [1.54, 1.807) is 30.3 Å². The molecule has 3 N–H and O–H groups in total. The number of carbonyl (C=O) groups is 3. The minimum absolute atomic E-state index is 0.165. The molecule has 62 heavy (non-hydrogen) atoms. The number of rotatable bonds is 33. The number of Topliss-reactive ketones (excluding diaryl/α,β-unsaturated/α-hetero) is 1. The second-order valence-electron chi connectivity index (χ2n) is 16.9. The van der Waals surface area contributed by atoms with E-state index in [-0.39, 0.29) is 28.4 Å². The third kappa shape index (κ3) is 16.9. The number of nitrogens with zero attached hydrogens (tertiary/aromatic N) is 3. The summed E-state index contributed by atoms with van der Waals surface area (Å²) in [5.41, 5.74) is 1.77. The van der Waals surface area contributed by atoms with Gasteiger partial charge in [0.25, 0.3) is 5.91 Å². The third-order valence-electron chi connectivity index (χ3n) is 11.8. The highest BCUT2D eigenvalue weighted by molar-refractivity contribution is 6.34. The Labute approximate surface area is 376 Å². The lowest BCUT2D eigenvalue weighted by molar-refractivity contribution is -0.118. The highest BCUT2D eigenvalue weighted by Gasteiger charge is 2.35. The van der Waals surface area contributed by atoms with Crippen molar-refractivity contribution in [2.75, 3.05) is 23.8 Å². The predicted molar refractivity (Wildman–Crippen MR) is 251 cm³/mol. The lowest BCUT2D eigenvalue weighted by Crippen LogP contribution is -2.33. The first kappa shape index (κ1) is 50.6. The van der Waals surface area contributed by atoms with Crippen molar-refractivity contribution in [3.8, 4) is 0 Å². The molecule has 0 fully saturated rings. The summed E-state index contributed by atoms with van der Waals surface area (Å²) in [4.78, 5) is 51.1. The van der Waals surface area contributed by atoms with Crippen LogP contribution < -0.4 is 10.6 Å². The summed E-state index contributed by atoms with van der Waals surface area (Å²) in [6, 6.07) is 9.58. The van der Waals surface area contributed by atoms with Crippen molar-refractivity contribution < 1.29 is 29.0 Å². The fourth-order valence-electron chi connectivity index (χ4n) is 7.96. The van der Waals surface area contributed by atoms with E-state index in [1.807, 2.05) is 0 Å². The summed E-state index contributed by atoms with van der Waals surface area (Å²) < 4.78 is 13.6. The molecule has 3 aromatic rings. The number of esters is 1. The van der Waals surface area contributed by atoms with Gasteiger partial charge in [0.1, 0.15) is 11.5 Å². The van der Waals surface area contributed by atoms with Crippen molar-refractivity contribution in [3.63, 3.8) is 0 Å². The first-order valence-electron chi connectivity index (χ1n) is 23.8. The van der Waals surface area contributed by atoms with E-state index in [0.29, 0.717) is 36.2 Å². The van der Waals surface area contributed by atoms with E-state index >= 15 is 0 Å². The Bertz CT molecular complexity index is 1800. The maximum absolute atomic E-state index is 14.4. The zero-order valence-electron chi connectivity index (χ0n) is 37.8. The number of nitrogens with one attached hydrogen (secondary N) is 2. The molecule has 1 aromatic heterocycles. The fraction of sp³-hybridized carbons (Fsp3) is 0.620. The lowest BCUT2D eigenvalue weighted by Gasteiger charge is -2.24. The molecule has 342 valence electrons. The Morgan fingerprint density at radius 2 is 1.34 bits per heavy atom. The van der Waals surface area contributed by atoms with Gasteiger partial charge in [-0.3, -0.25) is 14.2 Å². The third-order valence-corrected chi connectivity index (χ3v) is 12.1. The number of benzene rings is 2. The zero-order valence-corrected chi connectivity index (χ0v) is 38.6. The molecule has 0 saturated carbocycles. The molecule has 11 nitrogen and oxygen atoms in total. The number of aliphatic imine (C=N–C) groups is 1. The number of fused-ring (bicyclic) bond motifs is 1. The SMILES string of the molecule is CCCCCCCCCCCCOC(=O)c1ccc(Cl)c(NC(=O)C(C(=O)c2ccc(CO)cc2)n2cnc3c2NC=NC3OCC(CCCCCC)CCCCCCCC)c1. The van der Waals surface area contributed by atoms with E-state index in [4.69, 9.17) is 21.1 Å². The number of imidazole rings is 1. The standard InChI is InChI=1S/C50H74ClN5O6/c1-4-7-10-13-15-16-17-18-20-23-32-61-50(60)41-30-31-42(51)43(33-41)55-48(59)45(46(58)40-28-26-38(34-57)27-29-40)56-37-54-44-47(56)52-36-53-49(44)62-35-39(24-21-12-9-6-3)25-22-19-14-11-8-5-2/h26-31,33,36-37,39,45,49,57H,4-25,32,34-35H2,1-3H3,(H,52,53)(H,55,59). The molecule has 0 saturated heterocycles. The van der Waals surface area contributed by atoms with Crippen LogP contribution in [0.2, 0.25) is 5.02 Å². The summed E-state index contributed by atoms with van der Waals surface area (Å²) >= 11 is 6.59. The second-order valence-corrected chi connectivity index (χ2v) is 17.3. The van der Waals surface area contributed by atoms with Crippen LogP contribution in [0.3, 0.4) is 0 Å². The largest absolute Gasteiger partial charge is 0.462 e. The van der Waals surface area contributed by atoms with Crippen LogP contribution >= 0.6 is 11.6 Å². The molecule has 1 aliphatic rings. The van der Waals surface area contributed by atoms with Crippen molar-refractivity contribution in [2.45, 2.75) is 181 Å². The summed E-state index contributed by atoms with van der Waals surface area (Å²) in [5, 5.41) is 15.8. The molecule has 3 atom stereocenters. The molecule has 0 radical (unpaired) electrons. The lowest BCUT2D eigenvalue weighted by atomic mass is 9.95. The van der Waals surface area contributed by atoms with E-state index in [0.717, 1.165) is 32.1 Å². The zero-order chi connectivity index (χ0) is 44.4. The van der Waals surface area contributed by atoms with E-state index in [2.05, 4.69) is 41.4 Å². The molecule has 0 aliphatic carbocycles. The first-order chi connectivity index (χ1) is 30.3. The van der Waals surface area contributed by atoms with Gasteiger partial charge in [-0.2, -0.15) is 0 Å². The molecule has 0 bridgehead atoms. The average molecular weight is 877 g/mol. The molecular formula is C50H74ClN5O6. The number of aliphatic hydroxyl groups excluding tert-OH is 1. The van der Waals surface area contributed by atoms with Gasteiger partial charge in [-0.1, -0.05) is 179 Å². The van der Waals surface area contributed by atoms with Crippen molar-refractivity contribution >= 4 is 47.1 Å². The maximum Gasteiger partial charge on any atom is 0.338 e. The monoisotopic (exact) mass is 876 g/mol. The molecule has 12 heteroatoms. The highest BCUT2D eigenvalue weighted by Crippen LogP contribution is 2.34. The number of amides is 1. The number of hydrogen-bond acceptors (Lipinski definition) is 9. The van der Waals surface area contributed by atoms with E-state index < -0.39 is 29.9 Å². The smallest absolute Gasteiger partial charge is 0.338 e. The number of halogens is 1. The van der Waals surface area contributed by atoms with Crippen molar-refractivity contribution in [2.24, 2.45) is 10.9 Å². The molecule has 1 amide bonds. The van der Waals surface area contributed by atoms with Gasteiger partial charge in [0.2, 0.25) is 0 Å². The Morgan fingerprint density at radius 3 is 1.95 bits per heavy atom. The predicted octanol–water partition coefficient (Wildman–Crippen LogP) is 13.0. The number of carbonyl (C=O) groups excluding carboxylic acids is 3. The average Bonchev–Trinajstić information content (AvgIpc) is 3.71. The van der Waals surface area contributed by atoms with Crippen LogP contribution in [0.15, 0.2) is 53.8 Å². The summed E-state index contributed by atoms with van der Waals surface area (Å²) in [5.74, 6) is -0.905. The van der Waals surface area contributed by atoms with E-state index in [1.165, 1.54) is 139 Å². The van der Waals surface area contributed by atoms with Crippen molar-refractivity contribution in [1.82, 2.24) is 9.55 Å². The van der Waals surface area contributed by atoms with Gasteiger partial charge in [-0.25, -0.2) is 14.8 Å². The fourth-order valence-corrected chi connectivity index (χ4v) is 8.13. The molecule has 4 rings (SSSR count). The van der Waals surface area contributed by atoms with Gasteiger partial charge in [0, 0.05) is 5.56 Å². The van der Waals surface area contributed by atoms with Crippen LogP contribution in [0.5, 0.6) is 0 Å². The van der Waals surface area contributed by atoms with Crippen LogP contribution in [0.4, 0.5) is 11.5 Å². The van der Waals surface area contributed by atoms with Gasteiger partial charge < -0.3 is 25.2 Å². The summed E-state index contributed by atoms with van der Waals surface area (Å²) in [6.45, 7) is 7.34. The van der Waals surface area contributed by atoms with Crippen LogP contribution in [-0.4, -0.2) is 51.9 Å². The van der Waals surface area contributed by atoms with Gasteiger partial charge >= 0.3 is 5.97 Å². The highest BCUT2D eigenvalue weighted by atomic mass is 35.5. The van der Waals surface area contributed by atoms with Crippen molar-refractivity contribution in [1.29, 1.82) is 0 Å². The number of ether oxygens (including phenoxy) is 2. The minimum Gasteiger partial charge on any atom is -0.462 e. The van der Waals surface area contributed by atoms with Gasteiger partial charge in [-0.05, 0) is 48.9 Å². The normalized spacial score (nSPS) is 14.2. The molecule has 2 heterocycles. The summed E-state index contributed by atoms with van der Waals surface area (Å²) in [7, 11) is 0. The van der Waals surface area contributed by atoms with Gasteiger partial charge in [0.15, 0.2) is 18.1 Å². The Balaban J connectivity index is 1.46. The number of hydrogen-bond donors (Lipinski definition) is 3. The molecule has 0 spiro atoms. The van der Waals surface area contributed by atoms with Crippen LogP contribution in [0.25, 0.3) is 0 Å². The second kappa shape index (κ2) is 29.3. The molecule has 3 unspecified atom stereocenters. The molecular weight excluding hydrogens is 802 g/mol. The molecule has 1 aliphatic heterocycles. The molecule has 2 aromatic carbocycles.